The van der Waals surface area contributed by atoms with Crippen LogP contribution in [0.2, 0.25) is 0 Å². The van der Waals surface area contributed by atoms with Crippen molar-refractivity contribution < 1.29 is 14.5 Å². The largest absolute Gasteiger partial charge is 0.457 e. The van der Waals surface area contributed by atoms with Gasteiger partial charge in [0.05, 0.1) is 16.2 Å². The van der Waals surface area contributed by atoms with Crippen molar-refractivity contribution in [1.29, 1.82) is 0 Å². The molecule has 1 aliphatic rings. The Morgan fingerprint density at radius 2 is 1.57 bits per heavy atom. The number of nitro groups is 1. The zero-order chi connectivity index (χ0) is 19.5. The molecule has 1 heterocycles. The molecule has 1 atom stereocenters. The second kappa shape index (κ2) is 7.74. The summed E-state index contributed by atoms with van der Waals surface area (Å²) in [6.07, 6.45) is 0. The number of amides is 1. The highest BCUT2D eigenvalue weighted by Gasteiger charge is 2.37. The molecule has 7 heteroatoms. The average molecular weight is 392 g/mol. The first-order valence-electron chi connectivity index (χ1n) is 8.63. The minimum Gasteiger partial charge on any atom is -0.457 e. The number of rotatable bonds is 5. The molecule has 4 rings (SSSR count). The number of carbonyl (C=O) groups excluding carboxylic acids is 1. The summed E-state index contributed by atoms with van der Waals surface area (Å²) in [5, 5.41) is 11.0. The van der Waals surface area contributed by atoms with Gasteiger partial charge in [-0.15, -0.1) is 11.8 Å². The Bertz CT molecular complexity index is 1010. The first-order chi connectivity index (χ1) is 13.6. The Labute approximate surface area is 165 Å². The van der Waals surface area contributed by atoms with Gasteiger partial charge in [-0.2, -0.15) is 0 Å². The Morgan fingerprint density at radius 3 is 2.29 bits per heavy atom. The van der Waals surface area contributed by atoms with Crippen LogP contribution < -0.4 is 9.64 Å². The van der Waals surface area contributed by atoms with E-state index in [4.69, 9.17) is 4.74 Å². The smallest absolute Gasteiger partial charge is 0.275 e. The highest BCUT2D eigenvalue weighted by atomic mass is 32.2. The van der Waals surface area contributed by atoms with Gasteiger partial charge < -0.3 is 4.74 Å². The van der Waals surface area contributed by atoms with E-state index in [0.717, 1.165) is 5.75 Å². The molecule has 1 amide bonds. The quantitative estimate of drug-likeness (QED) is 0.443. The average Bonchev–Trinajstić information content (AvgIpc) is 3.10. The fraction of sp³-hybridized carbons (Fsp3) is 0.0952. The molecule has 0 aliphatic carbocycles. The lowest BCUT2D eigenvalue weighted by molar-refractivity contribution is -0.385. The summed E-state index contributed by atoms with van der Waals surface area (Å²) < 4.78 is 5.79. The monoisotopic (exact) mass is 392 g/mol. The van der Waals surface area contributed by atoms with Crippen molar-refractivity contribution in [3.8, 4) is 11.5 Å². The molecule has 1 unspecified atom stereocenters. The molecule has 0 saturated carbocycles. The van der Waals surface area contributed by atoms with Crippen molar-refractivity contribution >= 4 is 29.0 Å². The van der Waals surface area contributed by atoms with Crippen LogP contribution in [0.25, 0.3) is 0 Å². The van der Waals surface area contributed by atoms with E-state index >= 15 is 0 Å². The van der Waals surface area contributed by atoms with Crippen LogP contribution in [0.1, 0.15) is 10.9 Å². The third-order valence-corrected chi connectivity index (χ3v) is 5.56. The van der Waals surface area contributed by atoms with Crippen molar-refractivity contribution in [3.05, 3.63) is 94.5 Å². The Morgan fingerprint density at radius 1 is 0.929 bits per heavy atom. The summed E-state index contributed by atoms with van der Waals surface area (Å²) in [4.78, 5) is 25.1. The number of nitrogens with zero attached hydrogens (tertiary/aromatic N) is 2. The van der Waals surface area contributed by atoms with Crippen LogP contribution in [0.3, 0.4) is 0 Å². The molecule has 3 aromatic rings. The van der Waals surface area contributed by atoms with Gasteiger partial charge in [-0.25, -0.2) is 0 Å². The molecule has 0 aromatic heterocycles. The van der Waals surface area contributed by atoms with E-state index in [2.05, 4.69) is 0 Å². The molecule has 1 saturated heterocycles. The number of benzene rings is 3. The van der Waals surface area contributed by atoms with Gasteiger partial charge in [-0.1, -0.05) is 30.3 Å². The molecular formula is C21H16N2O4S. The molecule has 0 spiro atoms. The summed E-state index contributed by atoms with van der Waals surface area (Å²) >= 11 is 1.39. The van der Waals surface area contributed by atoms with Crippen molar-refractivity contribution in [2.24, 2.45) is 0 Å². The normalized spacial score (nSPS) is 16.2. The van der Waals surface area contributed by atoms with Crippen LogP contribution in [0.4, 0.5) is 11.4 Å². The molecule has 0 radical (unpaired) electrons. The summed E-state index contributed by atoms with van der Waals surface area (Å²) in [5.41, 5.74) is 1.22. The van der Waals surface area contributed by atoms with Gasteiger partial charge in [0.1, 0.15) is 16.9 Å². The maximum absolute atomic E-state index is 12.5. The SMILES string of the molecule is O=C1CSC(c2ccccc2[N+](=O)[O-])N1c1ccc(Oc2ccccc2)cc1. The predicted molar refractivity (Wildman–Crippen MR) is 109 cm³/mol. The van der Waals surface area contributed by atoms with Gasteiger partial charge >= 0.3 is 0 Å². The molecule has 1 fully saturated rings. The number of anilines is 1. The summed E-state index contributed by atoms with van der Waals surface area (Å²) in [6, 6.07) is 23.1. The minimum atomic E-state index is -0.435. The van der Waals surface area contributed by atoms with E-state index < -0.39 is 10.3 Å². The highest BCUT2D eigenvalue weighted by molar-refractivity contribution is 8.00. The number of ether oxygens (including phenoxy) is 1. The molecule has 1 aliphatic heterocycles. The van der Waals surface area contributed by atoms with E-state index in [0.29, 0.717) is 17.0 Å². The van der Waals surface area contributed by atoms with Gasteiger partial charge in [-0.05, 0) is 42.5 Å². The third kappa shape index (κ3) is 3.57. The van der Waals surface area contributed by atoms with E-state index in [1.807, 2.05) is 30.3 Å². The Kier molecular flexibility index (Phi) is 4.99. The van der Waals surface area contributed by atoms with E-state index in [-0.39, 0.29) is 17.3 Å². The lowest BCUT2D eigenvalue weighted by atomic mass is 10.1. The zero-order valence-electron chi connectivity index (χ0n) is 14.7. The topological polar surface area (TPSA) is 72.7 Å². The maximum Gasteiger partial charge on any atom is 0.275 e. The summed E-state index contributed by atoms with van der Waals surface area (Å²) in [6.45, 7) is 0. The van der Waals surface area contributed by atoms with Crippen molar-refractivity contribution in [3.63, 3.8) is 0 Å². The number of para-hydroxylation sites is 2. The number of carbonyl (C=O) groups is 1. The van der Waals surface area contributed by atoms with Gasteiger partial charge in [-0.3, -0.25) is 19.8 Å². The van der Waals surface area contributed by atoms with Crippen LogP contribution in [0, 0.1) is 10.1 Å². The summed E-state index contributed by atoms with van der Waals surface area (Å²) in [5.74, 6) is 1.57. The van der Waals surface area contributed by atoms with Gasteiger partial charge in [0.15, 0.2) is 0 Å². The first-order valence-corrected chi connectivity index (χ1v) is 9.68. The van der Waals surface area contributed by atoms with Crippen molar-refractivity contribution in [2.75, 3.05) is 10.7 Å². The molecule has 0 bridgehead atoms. The molecular weight excluding hydrogens is 376 g/mol. The summed E-state index contributed by atoms with van der Waals surface area (Å²) in [7, 11) is 0. The zero-order valence-corrected chi connectivity index (χ0v) is 15.5. The first kappa shape index (κ1) is 18.1. The van der Waals surface area contributed by atoms with Crippen LogP contribution >= 0.6 is 11.8 Å². The van der Waals surface area contributed by atoms with Gasteiger partial charge in [0.2, 0.25) is 5.91 Å². The molecule has 3 aromatic carbocycles. The van der Waals surface area contributed by atoms with Gasteiger partial charge in [0, 0.05) is 11.8 Å². The van der Waals surface area contributed by atoms with Gasteiger partial charge in [0.25, 0.3) is 5.69 Å². The standard InChI is InChI=1S/C21H16N2O4S/c24-20-14-28-21(18-8-4-5-9-19(18)23(25)26)22(20)15-10-12-17(13-11-15)27-16-6-2-1-3-7-16/h1-13,21H,14H2. The fourth-order valence-electron chi connectivity index (χ4n) is 3.10. The maximum atomic E-state index is 12.5. The Balaban J connectivity index is 1.62. The van der Waals surface area contributed by atoms with E-state index in [9.17, 15) is 14.9 Å². The lowest BCUT2D eigenvalue weighted by Crippen LogP contribution is -2.28. The van der Waals surface area contributed by atoms with E-state index in [1.165, 1.54) is 17.8 Å². The van der Waals surface area contributed by atoms with Crippen LogP contribution in [-0.2, 0) is 4.79 Å². The van der Waals surface area contributed by atoms with Crippen molar-refractivity contribution in [2.45, 2.75) is 5.37 Å². The predicted octanol–water partition coefficient (Wildman–Crippen LogP) is 5.17. The fourth-order valence-corrected chi connectivity index (χ4v) is 4.30. The minimum absolute atomic E-state index is 0.0173. The second-order valence-electron chi connectivity index (χ2n) is 6.15. The highest BCUT2D eigenvalue weighted by Crippen LogP contribution is 2.44. The molecule has 6 nitrogen and oxygen atoms in total. The second-order valence-corrected chi connectivity index (χ2v) is 7.22. The number of hydrogen-bond acceptors (Lipinski definition) is 5. The van der Waals surface area contributed by atoms with Crippen LogP contribution in [0.5, 0.6) is 11.5 Å². The number of nitro benzene ring substituents is 1. The third-order valence-electron chi connectivity index (χ3n) is 4.36. The van der Waals surface area contributed by atoms with Crippen LogP contribution in [0.15, 0.2) is 78.9 Å². The molecule has 0 N–H and O–H groups in total. The number of hydrogen-bond donors (Lipinski definition) is 0. The number of thioether (sulfide) groups is 1. The van der Waals surface area contributed by atoms with Crippen molar-refractivity contribution in [1.82, 2.24) is 0 Å². The molecule has 28 heavy (non-hydrogen) atoms. The lowest BCUT2D eigenvalue weighted by Gasteiger charge is -2.24. The Hall–Kier alpha value is -3.32. The van der Waals surface area contributed by atoms with E-state index in [1.54, 1.807) is 47.4 Å². The van der Waals surface area contributed by atoms with Crippen LogP contribution in [-0.4, -0.2) is 16.6 Å². The molecule has 140 valence electrons.